The summed E-state index contributed by atoms with van der Waals surface area (Å²) >= 11 is 3.45. The van der Waals surface area contributed by atoms with Gasteiger partial charge in [0.05, 0.1) is 6.61 Å². The van der Waals surface area contributed by atoms with Crippen LogP contribution in [0.3, 0.4) is 0 Å². The van der Waals surface area contributed by atoms with E-state index in [1.165, 1.54) is 0 Å². The molecule has 0 unspecified atom stereocenters. The number of carbonyl (C=O) groups excluding carboxylic acids is 1. The van der Waals surface area contributed by atoms with E-state index in [0.717, 1.165) is 34.7 Å². The molecule has 21 heavy (non-hydrogen) atoms. The van der Waals surface area contributed by atoms with E-state index >= 15 is 0 Å². The molecule has 0 aliphatic heterocycles. The van der Waals surface area contributed by atoms with Gasteiger partial charge in [0.1, 0.15) is 0 Å². The first-order valence-corrected chi connectivity index (χ1v) is 8.05. The lowest BCUT2D eigenvalue weighted by Gasteiger charge is -2.07. The minimum atomic E-state index is -0.0566. The quantitative estimate of drug-likeness (QED) is 0.762. The number of fused-ring (bicyclic) bond motifs is 1. The van der Waals surface area contributed by atoms with Crippen LogP contribution < -0.4 is 5.32 Å². The third-order valence-corrected chi connectivity index (χ3v) is 3.73. The Balaban J connectivity index is 1.89. The summed E-state index contributed by atoms with van der Waals surface area (Å²) in [6.07, 6.45) is 2.19. The Hall–Kier alpha value is -1.39. The molecule has 0 aliphatic rings. The van der Waals surface area contributed by atoms with Crippen molar-refractivity contribution in [3.05, 3.63) is 46.4 Å². The van der Waals surface area contributed by atoms with Crippen molar-refractivity contribution in [1.29, 1.82) is 0 Å². The third-order valence-electron chi connectivity index (χ3n) is 3.24. The lowest BCUT2D eigenvalue weighted by atomic mass is 10.1. The second kappa shape index (κ2) is 8.15. The highest BCUT2D eigenvalue weighted by molar-refractivity contribution is 9.10. The molecule has 0 radical (unpaired) electrons. The lowest BCUT2D eigenvalue weighted by Crippen LogP contribution is -2.27. The average molecular weight is 350 g/mol. The summed E-state index contributed by atoms with van der Waals surface area (Å²) in [5, 5.41) is 5.05. The van der Waals surface area contributed by atoms with Crippen molar-refractivity contribution in [2.24, 2.45) is 0 Å². The third kappa shape index (κ3) is 4.83. The molecule has 2 rings (SSSR count). The largest absolute Gasteiger partial charge is 0.380 e. The standard InChI is InChI=1S/C17H20BrNO2/c1-2-3-9-21-10-8-19-17(20)15-5-4-14-12-16(18)7-6-13(14)11-15/h4-7,11-12H,2-3,8-10H2,1H3,(H,19,20). The first-order chi connectivity index (χ1) is 10.2. The van der Waals surface area contributed by atoms with E-state index in [-0.39, 0.29) is 5.91 Å². The number of amides is 1. The van der Waals surface area contributed by atoms with E-state index in [1.54, 1.807) is 0 Å². The fourth-order valence-electron chi connectivity index (χ4n) is 2.05. The molecule has 0 aliphatic carbocycles. The number of carbonyl (C=O) groups is 1. The molecule has 1 amide bonds. The normalized spacial score (nSPS) is 10.8. The van der Waals surface area contributed by atoms with Gasteiger partial charge in [-0.2, -0.15) is 0 Å². The summed E-state index contributed by atoms with van der Waals surface area (Å²) in [4.78, 5) is 12.1. The second-order valence-corrected chi connectivity index (χ2v) is 5.84. The predicted molar refractivity (Wildman–Crippen MR) is 89.7 cm³/mol. The van der Waals surface area contributed by atoms with E-state index in [9.17, 15) is 4.79 Å². The van der Waals surface area contributed by atoms with Crippen molar-refractivity contribution in [2.75, 3.05) is 19.8 Å². The van der Waals surface area contributed by atoms with Gasteiger partial charge in [0.15, 0.2) is 0 Å². The van der Waals surface area contributed by atoms with Crippen molar-refractivity contribution in [3.8, 4) is 0 Å². The van der Waals surface area contributed by atoms with Crippen LogP contribution in [0.5, 0.6) is 0 Å². The Morgan fingerprint density at radius 1 is 1.14 bits per heavy atom. The van der Waals surface area contributed by atoms with Gasteiger partial charge in [-0.15, -0.1) is 0 Å². The lowest BCUT2D eigenvalue weighted by molar-refractivity contribution is 0.0913. The molecule has 0 heterocycles. The maximum Gasteiger partial charge on any atom is 0.251 e. The number of ether oxygens (including phenoxy) is 1. The Morgan fingerprint density at radius 3 is 2.71 bits per heavy atom. The summed E-state index contributed by atoms with van der Waals surface area (Å²) < 4.78 is 6.46. The van der Waals surface area contributed by atoms with Gasteiger partial charge in [0, 0.05) is 23.2 Å². The van der Waals surface area contributed by atoms with Crippen LogP contribution in [0.1, 0.15) is 30.1 Å². The summed E-state index contributed by atoms with van der Waals surface area (Å²) in [6.45, 7) is 3.99. The Morgan fingerprint density at radius 2 is 1.90 bits per heavy atom. The summed E-state index contributed by atoms with van der Waals surface area (Å²) in [5.41, 5.74) is 0.679. The van der Waals surface area contributed by atoms with E-state index in [4.69, 9.17) is 4.74 Å². The van der Waals surface area contributed by atoms with Gasteiger partial charge in [0.2, 0.25) is 0 Å². The van der Waals surface area contributed by atoms with Crippen molar-refractivity contribution >= 4 is 32.6 Å². The van der Waals surface area contributed by atoms with E-state index in [1.807, 2.05) is 36.4 Å². The van der Waals surface area contributed by atoms with Gasteiger partial charge >= 0.3 is 0 Å². The SMILES string of the molecule is CCCCOCCNC(=O)c1ccc2cc(Br)ccc2c1. The molecular formula is C17H20BrNO2. The smallest absolute Gasteiger partial charge is 0.251 e. The minimum absolute atomic E-state index is 0.0566. The fourth-order valence-corrected chi connectivity index (χ4v) is 2.42. The Kier molecular flexibility index (Phi) is 6.21. The highest BCUT2D eigenvalue weighted by atomic mass is 79.9. The van der Waals surface area contributed by atoms with Crippen LogP contribution in [0.15, 0.2) is 40.9 Å². The van der Waals surface area contributed by atoms with Crippen molar-refractivity contribution < 1.29 is 9.53 Å². The van der Waals surface area contributed by atoms with Gasteiger partial charge in [-0.25, -0.2) is 0 Å². The predicted octanol–water partition coefficient (Wildman–Crippen LogP) is 4.15. The molecule has 0 fully saturated rings. The van der Waals surface area contributed by atoms with Crippen LogP contribution in [0.25, 0.3) is 10.8 Å². The first kappa shape index (κ1) is 16.0. The number of halogens is 1. The molecular weight excluding hydrogens is 330 g/mol. The summed E-state index contributed by atoms with van der Waals surface area (Å²) in [7, 11) is 0. The monoisotopic (exact) mass is 349 g/mol. The fraction of sp³-hybridized carbons (Fsp3) is 0.353. The van der Waals surface area contributed by atoms with Crippen LogP contribution >= 0.6 is 15.9 Å². The zero-order chi connectivity index (χ0) is 15.1. The number of benzene rings is 2. The molecule has 0 aromatic heterocycles. The Labute approximate surface area is 133 Å². The van der Waals surface area contributed by atoms with E-state index in [0.29, 0.717) is 18.7 Å². The zero-order valence-electron chi connectivity index (χ0n) is 12.2. The Bertz CT molecular complexity index is 613. The van der Waals surface area contributed by atoms with Gasteiger partial charge < -0.3 is 10.1 Å². The number of hydrogen-bond donors (Lipinski definition) is 1. The second-order valence-electron chi connectivity index (χ2n) is 4.93. The molecule has 0 saturated heterocycles. The van der Waals surface area contributed by atoms with Gasteiger partial charge in [0.25, 0.3) is 5.91 Å². The number of nitrogens with one attached hydrogen (secondary N) is 1. The topological polar surface area (TPSA) is 38.3 Å². The van der Waals surface area contributed by atoms with Gasteiger partial charge in [-0.1, -0.05) is 41.4 Å². The van der Waals surface area contributed by atoms with Crippen molar-refractivity contribution in [1.82, 2.24) is 5.32 Å². The molecule has 2 aromatic carbocycles. The number of unbranched alkanes of at least 4 members (excludes halogenated alkanes) is 1. The maximum absolute atomic E-state index is 12.1. The highest BCUT2D eigenvalue weighted by Crippen LogP contribution is 2.20. The van der Waals surface area contributed by atoms with E-state index < -0.39 is 0 Å². The molecule has 0 spiro atoms. The van der Waals surface area contributed by atoms with Gasteiger partial charge in [-0.3, -0.25) is 4.79 Å². The first-order valence-electron chi connectivity index (χ1n) is 7.26. The molecule has 0 atom stereocenters. The number of rotatable bonds is 7. The molecule has 4 heteroatoms. The molecule has 0 bridgehead atoms. The highest BCUT2D eigenvalue weighted by Gasteiger charge is 2.06. The van der Waals surface area contributed by atoms with Crippen LogP contribution in [0.4, 0.5) is 0 Å². The van der Waals surface area contributed by atoms with Crippen LogP contribution in [0.2, 0.25) is 0 Å². The summed E-state index contributed by atoms with van der Waals surface area (Å²) in [6, 6.07) is 11.7. The molecule has 1 N–H and O–H groups in total. The van der Waals surface area contributed by atoms with Crippen LogP contribution in [-0.2, 0) is 4.74 Å². The van der Waals surface area contributed by atoms with Crippen LogP contribution in [0, 0.1) is 0 Å². The maximum atomic E-state index is 12.1. The van der Waals surface area contributed by atoms with Crippen molar-refractivity contribution in [3.63, 3.8) is 0 Å². The molecule has 0 saturated carbocycles. The molecule has 2 aromatic rings. The average Bonchev–Trinajstić information content (AvgIpc) is 2.50. The molecule has 112 valence electrons. The number of hydrogen-bond acceptors (Lipinski definition) is 2. The van der Waals surface area contributed by atoms with E-state index in [2.05, 4.69) is 28.2 Å². The zero-order valence-corrected chi connectivity index (χ0v) is 13.8. The summed E-state index contributed by atoms with van der Waals surface area (Å²) in [5.74, 6) is -0.0566. The molecule has 3 nitrogen and oxygen atoms in total. The van der Waals surface area contributed by atoms with Crippen LogP contribution in [-0.4, -0.2) is 25.7 Å². The van der Waals surface area contributed by atoms with Crippen molar-refractivity contribution in [2.45, 2.75) is 19.8 Å². The minimum Gasteiger partial charge on any atom is -0.380 e. The van der Waals surface area contributed by atoms with Gasteiger partial charge in [-0.05, 0) is 41.5 Å².